The summed E-state index contributed by atoms with van der Waals surface area (Å²) in [5.74, 6) is 1.89. The fourth-order valence-corrected chi connectivity index (χ4v) is 13.0. The van der Waals surface area contributed by atoms with E-state index in [1.165, 1.54) is 103 Å². The maximum atomic E-state index is 10.7. The molecule has 276 valence electrons. The Labute approximate surface area is 293 Å². The summed E-state index contributed by atoms with van der Waals surface area (Å²) in [5.41, 5.74) is 0.627. The molecule has 0 spiro atoms. The third-order valence-electron chi connectivity index (χ3n) is 15.3. The van der Waals surface area contributed by atoms with E-state index in [1.807, 2.05) is 0 Å². The highest BCUT2D eigenvalue weighted by Gasteiger charge is 2.60. The fourth-order valence-electron chi connectivity index (χ4n) is 13.0. The number of fused-ring (bicyclic) bond motifs is 4. The Bertz CT molecular complexity index is 963. The number of hydrogen-bond donors (Lipinski definition) is 2. The van der Waals surface area contributed by atoms with Crippen molar-refractivity contribution >= 4 is 0 Å². The maximum Gasteiger partial charge on any atom is 0.159 e. The molecule has 0 amide bonds. The second-order valence-electron chi connectivity index (χ2n) is 17.7. The first-order chi connectivity index (χ1) is 23.3. The first-order valence-corrected chi connectivity index (χ1v) is 20.9. The summed E-state index contributed by atoms with van der Waals surface area (Å²) in [4.78, 5) is 10.5. The van der Waals surface area contributed by atoms with Crippen LogP contribution in [-0.4, -0.2) is 132 Å². The molecule has 8 heteroatoms. The second kappa shape index (κ2) is 15.3. The number of ether oxygens (including phenoxy) is 2. The normalized spacial score (nSPS) is 45.8. The Hall–Kier alpha value is -0.320. The molecule has 8 aliphatic rings. The minimum atomic E-state index is -0.556. The average molecular weight is 673 g/mol. The number of piperidine rings is 4. The molecule has 8 nitrogen and oxygen atoms in total. The summed E-state index contributed by atoms with van der Waals surface area (Å²) in [7, 11) is 0. The largest absolute Gasteiger partial charge is 0.368 e. The van der Waals surface area contributed by atoms with Crippen LogP contribution in [0.4, 0.5) is 0 Å². The van der Waals surface area contributed by atoms with Crippen LogP contribution in [-0.2, 0) is 9.47 Å². The van der Waals surface area contributed by atoms with Gasteiger partial charge in [-0.25, -0.2) is 0 Å². The molecular weight excluding hydrogens is 600 g/mol. The van der Waals surface area contributed by atoms with Crippen molar-refractivity contribution in [3.05, 3.63) is 0 Å². The molecular formula is C40H72N4O4. The summed E-state index contributed by atoms with van der Waals surface area (Å²) in [6.07, 6.45) is 18.0. The Balaban J connectivity index is 0.000000152. The lowest BCUT2D eigenvalue weighted by molar-refractivity contribution is -0.291. The van der Waals surface area contributed by atoms with Crippen LogP contribution in [0.2, 0.25) is 0 Å². The third kappa shape index (κ3) is 6.81. The van der Waals surface area contributed by atoms with E-state index in [9.17, 15) is 10.2 Å². The van der Waals surface area contributed by atoms with Gasteiger partial charge in [-0.1, -0.05) is 53.4 Å². The summed E-state index contributed by atoms with van der Waals surface area (Å²) in [6, 6.07) is 1.45. The lowest BCUT2D eigenvalue weighted by Gasteiger charge is -2.63. The van der Waals surface area contributed by atoms with Gasteiger partial charge >= 0.3 is 0 Å². The molecule has 2 N–H and O–H groups in total. The Morgan fingerprint density at radius 2 is 1.00 bits per heavy atom. The van der Waals surface area contributed by atoms with Crippen LogP contribution in [0.25, 0.3) is 0 Å². The lowest BCUT2D eigenvalue weighted by Crippen LogP contribution is -2.68. The number of aliphatic hydroxyl groups excluding tert-OH is 2. The van der Waals surface area contributed by atoms with Crippen molar-refractivity contribution in [1.29, 1.82) is 0 Å². The van der Waals surface area contributed by atoms with Gasteiger partial charge < -0.3 is 29.5 Å². The van der Waals surface area contributed by atoms with Gasteiger partial charge in [0.15, 0.2) is 12.6 Å². The molecule has 6 saturated heterocycles. The number of nitrogens with zero attached hydrogens (tertiary/aromatic N) is 4. The van der Waals surface area contributed by atoms with Gasteiger partial charge in [0, 0.05) is 72.8 Å². The molecule has 2 saturated carbocycles. The van der Waals surface area contributed by atoms with Crippen molar-refractivity contribution in [2.24, 2.45) is 34.5 Å². The average Bonchev–Trinajstić information content (AvgIpc) is 3.09. The van der Waals surface area contributed by atoms with E-state index < -0.39 is 12.6 Å². The van der Waals surface area contributed by atoms with E-state index in [1.54, 1.807) is 0 Å². The van der Waals surface area contributed by atoms with E-state index in [0.717, 1.165) is 64.2 Å². The quantitative estimate of drug-likeness (QED) is 0.355. The smallest absolute Gasteiger partial charge is 0.159 e. The standard InChI is InChI=1S/2C20H36N2O2/c2*1-3-21(4-2)13-15-12-20-10-7-8-16(18(20)24-19(15)23)17-9-5-6-11-22(17)14-20/h2*15-19,23H,3-14H2,1-2H3/t15-,16-,17-,18+,19+,20+;15-,16-,17-,18+,19-,20+/m11/s1. The zero-order valence-electron chi connectivity index (χ0n) is 31.2. The van der Waals surface area contributed by atoms with Crippen LogP contribution < -0.4 is 0 Å². The first-order valence-electron chi connectivity index (χ1n) is 20.9. The fraction of sp³-hybridized carbons (Fsp3) is 1.00. The summed E-state index contributed by atoms with van der Waals surface area (Å²) in [5, 5.41) is 21.5. The zero-order valence-corrected chi connectivity index (χ0v) is 31.2. The molecule has 0 unspecified atom stereocenters. The SMILES string of the molecule is CCN(CC)C[C@H]1C[C@@]23CCC[C@H]([C@H]4CCCCN4C2)[C@@H]3O[C@@H]1O.CCN(CC)C[C@H]1C[C@@]23CCC[C@H]([C@H]4CCCCN4C2)[C@@H]3O[C@H]1O. The van der Waals surface area contributed by atoms with E-state index in [0.29, 0.717) is 34.9 Å². The van der Waals surface area contributed by atoms with Gasteiger partial charge in [0.2, 0.25) is 0 Å². The molecule has 8 rings (SSSR count). The summed E-state index contributed by atoms with van der Waals surface area (Å²) in [6.45, 7) is 20.1. The zero-order chi connectivity index (χ0) is 33.5. The van der Waals surface area contributed by atoms with Gasteiger partial charge in [-0.15, -0.1) is 0 Å². The molecule has 0 radical (unpaired) electrons. The Morgan fingerprint density at radius 1 is 0.583 bits per heavy atom. The number of aliphatic hydroxyl groups is 2. The van der Waals surface area contributed by atoms with Gasteiger partial charge in [-0.05, 0) is 103 Å². The topological polar surface area (TPSA) is 71.9 Å². The van der Waals surface area contributed by atoms with Crippen LogP contribution in [0.3, 0.4) is 0 Å². The highest BCUT2D eigenvalue weighted by atomic mass is 16.6. The van der Waals surface area contributed by atoms with Crippen LogP contribution in [0.5, 0.6) is 0 Å². The van der Waals surface area contributed by atoms with Gasteiger partial charge in [-0.2, -0.15) is 0 Å². The minimum Gasteiger partial charge on any atom is -0.368 e. The van der Waals surface area contributed by atoms with E-state index >= 15 is 0 Å². The number of hydrogen-bond acceptors (Lipinski definition) is 8. The lowest BCUT2D eigenvalue weighted by atomic mass is 9.56. The maximum absolute atomic E-state index is 10.7. The van der Waals surface area contributed by atoms with Crippen LogP contribution in [0.1, 0.15) is 118 Å². The highest BCUT2D eigenvalue weighted by Crippen LogP contribution is 2.57. The molecule has 4 bridgehead atoms. The monoisotopic (exact) mass is 673 g/mol. The molecule has 12 atom stereocenters. The second-order valence-corrected chi connectivity index (χ2v) is 17.7. The van der Waals surface area contributed by atoms with Gasteiger partial charge in [-0.3, -0.25) is 9.80 Å². The molecule has 8 fully saturated rings. The van der Waals surface area contributed by atoms with Crippen LogP contribution >= 0.6 is 0 Å². The minimum absolute atomic E-state index is 0.279. The van der Waals surface area contributed by atoms with Crippen LogP contribution in [0, 0.1) is 34.5 Å². The predicted molar refractivity (Wildman–Crippen MR) is 192 cm³/mol. The molecule has 6 aliphatic heterocycles. The summed E-state index contributed by atoms with van der Waals surface area (Å²) < 4.78 is 12.8. The van der Waals surface area contributed by atoms with Gasteiger partial charge in [0.1, 0.15) is 0 Å². The Kier molecular flexibility index (Phi) is 11.5. The molecule has 0 aromatic rings. The van der Waals surface area contributed by atoms with E-state index in [4.69, 9.17) is 9.47 Å². The Morgan fingerprint density at radius 3 is 1.40 bits per heavy atom. The molecule has 48 heavy (non-hydrogen) atoms. The van der Waals surface area contributed by atoms with Crippen molar-refractivity contribution < 1.29 is 19.7 Å². The summed E-state index contributed by atoms with van der Waals surface area (Å²) >= 11 is 0. The number of rotatable bonds is 8. The van der Waals surface area contributed by atoms with Crippen molar-refractivity contribution in [3.8, 4) is 0 Å². The van der Waals surface area contributed by atoms with Gasteiger partial charge in [0.25, 0.3) is 0 Å². The third-order valence-corrected chi connectivity index (χ3v) is 15.3. The van der Waals surface area contributed by atoms with E-state index in [2.05, 4.69) is 47.3 Å². The van der Waals surface area contributed by atoms with Crippen molar-refractivity contribution in [3.63, 3.8) is 0 Å². The van der Waals surface area contributed by atoms with Crippen molar-refractivity contribution in [2.45, 2.75) is 154 Å². The van der Waals surface area contributed by atoms with Crippen molar-refractivity contribution in [1.82, 2.24) is 19.6 Å². The molecule has 6 heterocycles. The molecule has 2 aliphatic carbocycles. The van der Waals surface area contributed by atoms with E-state index in [-0.39, 0.29) is 11.8 Å². The molecule has 0 aromatic carbocycles. The van der Waals surface area contributed by atoms with Crippen molar-refractivity contribution in [2.75, 3.05) is 65.4 Å². The highest BCUT2D eigenvalue weighted by molar-refractivity contribution is 5.10. The van der Waals surface area contributed by atoms with Gasteiger partial charge in [0.05, 0.1) is 12.2 Å². The predicted octanol–water partition coefficient (Wildman–Crippen LogP) is 5.41. The van der Waals surface area contributed by atoms with Crippen LogP contribution in [0.15, 0.2) is 0 Å². The first kappa shape index (κ1) is 36.1. The molecule has 0 aromatic heterocycles.